The van der Waals surface area contributed by atoms with E-state index in [1.165, 1.54) is 12.1 Å². The number of ether oxygens (including phenoxy) is 3. The van der Waals surface area contributed by atoms with E-state index in [1.807, 2.05) is 24.4 Å². The van der Waals surface area contributed by atoms with Crippen molar-refractivity contribution in [3.8, 4) is 11.5 Å². The Labute approximate surface area is 232 Å². The molecule has 4 aromatic rings. The van der Waals surface area contributed by atoms with Crippen LogP contribution in [-0.2, 0) is 22.5 Å². The Hall–Kier alpha value is -4.37. The van der Waals surface area contributed by atoms with Crippen molar-refractivity contribution >= 4 is 22.7 Å². The zero-order chi connectivity index (χ0) is 27.9. The van der Waals surface area contributed by atoms with Gasteiger partial charge in [0.05, 0.1) is 0 Å². The second kappa shape index (κ2) is 12.7. The first-order valence-electron chi connectivity index (χ1n) is 13.3. The molecule has 9 heteroatoms. The number of aromatic amines is 1. The topological polar surface area (TPSA) is 84.1 Å². The molecule has 0 aliphatic carbocycles. The van der Waals surface area contributed by atoms with E-state index in [-0.39, 0.29) is 31.0 Å². The molecule has 2 heterocycles. The summed E-state index contributed by atoms with van der Waals surface area (Å²) in [4.78, 5) is 33.9. The van der Waals surface area contributed by atoms with Crippen molar-refractivity contribution in [1.29, 1.82) is 0 Å². The maximum absolute atomic E-state index is 13.8. The summed E-state index contributed by atoms with van der Waals surface area (Å²) >= 11 is 0. The molecular weight excluding hydrogens is 513 g/mol. The molecule has 0 atom stereocenters. The SMILES string of the molecule is COCCCN(CC(=O)N(CCc1c[nH]c2ccccc12)Cc1ccc(F)cc1)C(=O)c1ccc2c(c1)OCO2. The number of H-pyrrole nitrogens is 1. The van der Waals surface area contributed by atoms with Gasteiger partial charge in [-0.05, 0) is 60.4 Å². The maximum Gasteiger partial charge on any atom is 0.254 e. The lowest BCUT2D eigenvalue weighted by molar-refractivity contribution is -0.132. The molecule has 1 N–H and O–H groups in total. The van der Waals surface area contributed by atoms with Crippen LogP contribution in [0.1, 0.15) is 27.9 Å². The van der Waals surface area contributed by atoms with E-state index in [0.29, 0.717) is 56.1 Å². The van der Waals surface area contributed by atoms with E-state index in [4.69, 9.17) is 14.2 Å². The average Bonchev–Trinajstić information content (AvgIpc) is 3.62. The third-order valence-electron chi connectivity index (χ3n) is 6.97. The molecule has 0 saturated carbocycles. The lowest BCUT2D eigenvalue weighted by Crippen LogP contribution is -2.44. The number of para-hydroxylation sites is 1. The maximum atomic E-state index is 13.8. The number of halogens is 1. The lowest BCUT2D eigenvalue weighted by atomic mass is 10.1. The van der Waals surface area contributed by atoms with Crippen LogP contribution >= 0.6 is 0 Å². The summed E-state index contributed by atoms with van der Waals surface area (Å²) < 4.78 is 29.6. The van der Waals surface area contributed by atoms with Crippen molar-refractivity contribution in [2.24, 2.45) is 0 Å². The van der Waals surface area contributed by atoms with E-state index in [2.05, 4.69) is 11.1 Å². The van der Waals surface area contributed by atoms with Crippen LogP contribution < -0.4 is 9.47 Å². The van der Waals surface area contributed by atoms with Gasteiger partial charge in [-0.15, -0.1) is 0 Å². The Kier molecular flexibility index (Phi) is 8.61. The van der Waals surface area contributed by atoms with Crippen LogP contribution in [-0.4, -0.2) is 66.7 Å². The van der Waals surface area contributed by atoms with Gasteiger partial charge in [0.25, 0.3) is 5.91 Å². The van der Waals surface area contributed by atoms with Gasteiger partial charge in [0.2, 0.25) is 12.7 Å². The van der Waals surface area contributed by atoms with E-state index in [1.54, 1.807) is 47.2 Å². The molecule has 3 aromatic carbocycles. The number of nitrogens with zero attached hydrogens (tertiary/aromatic N) is 2. The summed E-state index contributed by atoms with van der Waals surface area (Å²) in [6.07, 6.45) is 3.16. The first-order chi connectivity index (χ1) is 19.5. The lowest BCUT2D eigenvalue weighted by Gasteiger charge is -2.28. The van der Waals surface area contributed by atoms with Crippen molar-refractivity contribution in [3.63, 3.8) is 0 Å². The van der Waals surface area contributed by atoms with Crippen molar-refractivity contribution in [2.75, 3.05) is 40.1 Å². The second-order valence-electron chi connectivity index (χ2n) is 9.69. The molecular formula is C31H32FN3O5. The molecule has 208 valence electrons. The summed E-state index contributed by atoms with van der Waals surface area (Å²) in [5, 5.41) is 1.11. The predicted molar refractivity (Wildman–Crippen MR) is 149 cm³/mol. The largest absolute Gasteiger partial charge is 0.454 e. The Morgan fingerprint density at radius 1 is 0.975 bits per heavy atom. The highest BCUT2D eigenvalue weighted by molar-refractivity contribution is 5.97. The number of hydrogen-bond acceptors (Lipinski definition) is 5. The zero-order valence-electron chi connectivity index (χ0n) is 22.4. The van der Waals surface area contributed by atoms with Crippen molar-refractivity contribution in [3.05, 3.63) is 95.4 Å². The van der Waals surface area contributed by atoms with Gasteiger partial charge in [-0.3, -0.25) is 9.59 Å². The van der Waals surface area contributed by atoms with Gasteiger partial charge in [-0.1, -0.05) is 30.3 Å². The standard InChI is InChI=1S/C31H32FN3O5/c1-38-16-4-14-35(31(37)23-9-12-28-29(17-23)40-21-39-28)20-30(36)34(19-22-7-10-25(32)11-8-22)15-13-24-18-33-27-6-3-2-5-26(24)27/h2-3,5-12,17-18,33H,4,13-16,19-21H2,1H3. The van der Waals surface area contributed by atoms with Crippen LogP contribution in [0.15, 0.2) is 72.9 Å². The van der Waals surface area contributed by atoms with E-state index >= 15 is 0 Å². The average molecular weight is 546 g/mol. The zero-order valence-corrected chi connectivity index (χ0v) is 22.4. The number of amides is 2. The number of carbonyl (C=O) groups is 2. The fourth-order valence-electron chi connectivity index (χ4n) is 4.82. The number of hydrogen-bond donors (Lipinski definition) is 1. The molecule has 1 aliphatic rings. The number of fused-ring (bicyclic) bond motifs is 2. The van der Waals surface area contributed by atoms with Gasteiger partial charge in [-0.2, -0.15) is 0 Å². The van der Waals surface area contributed by atoms with Crippen molar-refractivity contribution < 1.29 is 28.2 Å². The fraction of sp³-hybridized carbons (Fsp3) is 0.290. The van der Waals surface area contributed by atoms with Gasteiger partial charge >= 0.3 is 0 Å². The quantitative estimate of drug-likeness (QED) is 0.259. The van der Waals surface area contributed by atoms with E-state index < -0.39 is 0 Å². The first-order valence-corrected chi connectivity index (χ1v) is 13.3. The molecule has 0 fully saturated rings. The molecule has 0 bridgehead atoms. The molecule has 1 aliphatic heterocycles. The Morgan fingerprint density at radius 3 is 2.60 bits per heavy atom. The highest BCUT2D eigenvalue weighted by Crippen LogP contribution is 2.33. The number of carbonyl (C=O) groups excluding carboxylic acids is 2. The number of methoxy groups -OCH3 is 1. The number of nitrogens with one attached hydrogen (secondary N) is 1. The Bertz CT molecular complexity index is 1470. The number of rotatable bonds is 12. The van der Waals surface area contributed by atoms with Crippen LogP contribution in [0, 0.1) is 5.82 Å². The highest BCUT2D eigenvalue weighted by atomic mass is 19.1. The van der Waals surface area contributed by atoms with Gasteiger partial charge < -0.3 is 29.0 Å². The van der Waals surface area contributed by atoms with Crippen LogP contribution in [0.3, 0.4) is 0 Å². The van der Waals surface area contributed by atoms with Crippen LogP contribution in [0.25, 0.3) is 10.9 Å². The summed E-state index contributed by atoms with van der Waals surface area (Å²) in [6, 6.07) is 19.2. The van der Waals surface area contributed by atoms with Gasteiger partial charge in [-0.25, -0.2) is 4.39 Å². The Morgan fingerprint density at radius 2 is 1.77 bits per heavy atom. The molecule has 5 rings (SSSR count). The molecule has 0 radical (unpaired) electrons. The van der Waals surface area contributed by atoms with Gasteiger partial charge in [0.15, 0.2) is 11.5 Å². The minimum atomic E-state index is -0.334. The van der Waals surface area contributed by atoms with E-state index in [9.17, 15) is 14.0 Å². The molecule has 1 aromatic heterocycles. The third kappa shape index (κ3) is 6.43. The summed E-state index contributed by atoms with van der Waals surface area (Å²) in [7, 11) is 1.60. The molecule has 0 unspecified atom stereocenters. The van der Waals surface area contributed by atoms with Crippen molar-refractivity contribution in [1.82, 2.24) is 14.8 Å². The molecule has 8 nitrogen and oxygen atoms in total. The molecule has 2 amide bonds. The number of benzene rings is 3. The highest BCUT2D eigenvalue weighted by Gasteiger charge is 2.25. The minimum absolute atomic E-state index is 0.105. The molecule has 40 heavy (non-hydrogen) atoms. The van der Waals surface area contributed by atoms with Gasteiger partial charge in [0, 0.05) is 56.0 Å². The third-order valence-corrected chi connectivity index (χ3v) is 6.97. The van der Waals surface area contributed by atoms with E-state index in [0.717, 1.165) is 22.0 Å². The van der Waals surface area contributed by atoms with Crippen molar-refractivity contribution in [2.45, 2.75) is 19.4 Å². The summed E-state index contributed by atoms with van der Waals surface area (Å²) in [6.45, 7) is 1.54. The first kappa shape index (κ1) is 27.2. The van der Waals surface area contributed by atoms with Gasteiger partial charge in [0.1, 0.15) is 12.4 Å². The Balaban J connectivity index is 1.35. The molecule has 0 spiro atoms. The minimum Gasteiger partial charge on any atom is -0.454 e. The predicted octanol–water partition coefficient (Wildman–Crippen LogP) is 4.79. The van der Waals surface area contributed by atoms with Crippen LogP contribution in [0.2, 0.25) is 0 Å². The summed E-state index contributed by atoms with van der Waals surface area (Å²) in [5.41, 5.74) is 3.36. The van der Waals surface area contributed by atoms with Crippen LogP contribution in [0.4, 0.5) is 4.39 Å². The second-order valence-corrected chi connectivity index (χ2v) is 9.69. The normalized spacial score (nSPS) is 12.1. The smallest absolute Gasteiger partial charge is 0.254 e. The summed E-state index contributed by atoms with van der Waals surface area (Å²) in [5.74, 6) is 0.280. The molecule has 0 saturated heterocycles. The van der Waals surface area contributed by atoms with Crippen LogP contribution in [0.5, 0.6) is 11.5 Å². The monoisotopic (exact) mass is 545 g/mol. The fourth-order valence-corrected chi connectivity index (χ4v) is 4.82. The number of aromatic nitrogens is 1.